The highest BCUT2D eigenvalue weighted by molar-refractivity contribution is 14.1. The van der Waals surface area contributed by atoms with E-state index in [-0.39, 0.29) is 0 Å². The predicted octanol–water partition coefficient (Wildman–Crippen LogP) is 4.80. The van der Waals surface area contributed by atoms with Crippen molar-refractivity contribution in [1.29, 1.82) is 0 Å². The summed E-state index contributed by atoms with van der Waals surface area (Å²) in [6, 6.07) is 0. The molecule has 0 aliphatic rings. The molecule has 0 heterocycles. The SMILES string of the molecule is FC(Cl)(I)C(F)(Br)C(F)(Br)I. The number of hydrogen-bond donors (Lipinski definition) is 0. The van der Waals surface area contributed by atoms with E-state index in [9.17, 15) is 13.2 Å². The second-order valence-corrected chi connectivity index (χ2v) is 9.37. The van der Waals surface area contributed by atoms with Crippen LogP contribution in [-0.4, -0.2) is 10.3 Å². The van der Waals surface area contributed by atoms with Crippen LogP contribution in [-0.2, 0) is 0 Å². The van der Waals surface area contributed by atoms with E-state index in [0.29, 0.717) is 0 Å². The summed E-state index contributed by atoms with van der Waals surface area (Å²) in [4.78, 5) is 0. The normalized spacial score (nSPS) is 28.4. The van der Waals surface area contributed by atoms with Gasteiger partial charge in [-0.3, -0.25) is 0 Å². The van der Waals surface area contributed by atoms with E-state index in [2.05, 4.69) is 31.9 Å². The van der Waals surface area contributed by atoms with E-state index < -0.39 is 10.3 Å². The smallest absolute Gasteiger partial charge is 0.220 e. The van der Waals surface area contributed by atoms with E-state index >= 15 is 0 Å². The van der Waals surface area contributed by atoms with Gasteiger partial charge in [0.05, 0.1) is 0 Å². The van der Waals surface area contributed by atoms with Gasteiger partial charge in [-0.1, -0.05) is 11.6 Å². The molecule has 0 fully saturated rings. The van der Waals surface area contributed by atoms with Crippen molar-refractivity contribution in [1.82, 2.24) is 0 Å². The van der Waals surface area contributed by atoms with Crippen molar-refractivity contribution in [2.45, 2.75) is 10.3 Å². The molecular weight excluding hydrogens is 542 g/mol. The summed E-state index contributed by atoms with van der Waals surface area (Å²) in [6.07, 6.45) is 0. The molecule has 8 heteroatoms. The highest BCUT2D eigenvalue weighted by Gasteiger charge is 2.62. The summed E-state index contributed by atoms with van der Waals surface area (Å²) in [6.45, 7) is 0. The largest absolute Gasteiger partial charge is 0.282 e. The monoisotopic (exact) mass is 540 g/mol. The Hall–Kier alpha value is 2.50. The van der Waals surface area contributed by atoms with Crippen molar-refractivity contribution in [3.63, 3.8) is 0 Å². The first-order valence-electron chi connectivity index (χ1n) is 2.01. The maximum Gasteiger partial charge on any atom is 0.282 e. The zero-order valence-electron chi connectivity index (χ0n) is 4.52. The van der Waals surface area contributed by atoms with Crippen molar-refractivity contribution in [2.75, 3.05) is 0 Å². The molecule has 11 heavy (non-hydrogen) atoms. The third-order valence-electron chi connectivity index (χ3n) is 0.712. The minimum absolute atomic E-state index is 0.947. The molecule has 0 N–H and O–H groups in total. The summed E-state index contributed by atoms with van der Waals surface area (Å²) in [5.74, 6) is 0. The molecule has 0 aromatic rings. The summed E-state index contributed by atoms with van der Waals surface area (Å²) >= 11 is 11.4. The molecule has 0 aliphatic heterocycles. The molecular formula is C3Br2ClF3I2. The van der Waals surface area contributed by atoms with Crippen LogP contribution < -0.4 is 0 Å². The minimum atomic E-state index is -2.99. The number of hydrogen-bond acceptors (Lipinski definition) is 0. The van der Waals surface area contributed by atoms with Crippen LogP contribution in [0.4, 0.5) is 13.2 Å². The molecule has 3 unspecified atom stereocenters. The van der Waals surface area contributed by atoms with Gasteiger partial charge in [0.15, 0.2) is 0 Å². The molecule has 0 saturated heterocycles. The van der Waals surface area contributed by atoms with E-state index in [0.717, 1.165) is 45.2 Å². The molecule has 0 aliphatic carbocycles. The third-order valence-corrected chi connectivity index (χ3v) is 6.34. The van der Waals surface area contributed by atoms with E-state index in [1.165, 1.54) is 0 Å². The molecule has 0 bridgehead atoms. The lowest BCUT2D eigenvalue weighted by Gasteiger charge is -2.30. The first kappa shape index (κ1) is 13.5. The van der Waals surface area contributed by atoms with E-state index in [1.807, 2.05) is 0 Å². The molecule has 0 rings (SSSR count). The van der Waals surface area contributed by atoms with Crippen LogP contribution in [0.25, 0.3) is 0 Å². The zero-order chi connectivity index (χ0) is 9.50. The van der Waals surface area contributed by atoms with Crippen LogP contribution in [0.1, 0.15) is 0 Å². The highest BCUT2D eigenvalue weighted by atomic mass is 127. The molecule has 3 atom stereocenters. The Morgan fingerprint density at radius 3 is 1.36 bits per heavy atom. The summed E-state index contributed by atoms with van der Waals surface area (Å²) in [7, 11) is 0. The van der Waals surface area contributed by atoms with Crippen molar-refractivity contribution in [3.05, 3.63) is 0 Å². The maximum absolute atomic E-state index is 13.1. The fourth-order valence-corrected chi connectivity index (χ4v) is 2.47. The highest BCUT2D eigenvalue weighted by Crippen LogP contribution is 2.58. The van der Waals surface area contributed by atoms with E-state index in [1.54, 1.807) is 0 Å². The van der Waals surface area contributed by atoms with Gasteiger partial charge in [-0.2, -0.15) is 0 Å². The van der Waals surface area contributed by atoms with Crippen LogP contribution in [0.3, 0.4) is 0 Å². The maximum atomic E-state index is 13.1. The summed E-state index contributed by atoms with van der Waals surface area (Å²) in [5.41, 5.74) is 0. The number of rotatable bonds is 2. The van der Waals surface area contributed by atoms with Gasteiger partial charge in [-0.25, -0.2) is 13.2 Å². The topological polar surface area (TPSA) is 0 Å². The minimum Gasteiger partial charge on any atom is -0.220 e. The van der Waals surface area contributed by atoms with Gasteiger partial charge in [-0.05, 0) is 77.0 Å². The van der Waals surface area contributed by atoms with Crippen LogP contribution in [0, 0.1) is 0 Å². The molecule has 0 radical (unpaired) electrons. The van der Waals surface area contributed by atoms with Crippen LogP contribution in [0.15, 0.2) is 0 Å². The molecule has 0 amide bonds. The van der Waals surface area contributed by atoms with Gasteiger partial charge in [-0.15, -0.1) is 0 Å². The van der Waals surface area contributed by atoms with Crippen LogP contribution in [0.5, 0.6) is 0 Å². The van der Waals surface area contributed by atoms with Crippen LogP contribution >= 0.6 is 88.6 Å². The predicted molar refractivity (Wildman–Crippen MR) is 63.3 cm³/mol. The Morgan fingerprint density at radius 2 is 1.36 bits per heavy atom. The van der Waals surface area contributed by atoms with Gasteiger partial charge < -0.3 is 0 Å². The molecule has 0 nitrogen and oxygen atoms in total. The second kappa shape index (κ2) is 3.93. The second-order valence-electron chi connectivity index (χ2n) is 1.57. The lowest BCUT2D eigenvalue weighted by molar-refractivity contribution is 0.130. The van der Waals surface area contributed by atoms with Gasteiger partial charge in [0, 0.05) is 0 Å². The first-order chi connectivity index (χ1) is 4.50. The van der Waals surface area contributed by atoms with Crippen molar-refractivity contribution in [3.8, 4) is 0 Å². The quantitative estimate of drug-likeness (QED) is 0.348. The standard InChI is InChI=1S/C3Br2ClF3I2/c4-1(7,2(5,8)10)3(6,9)11. The summed E-state index contributed by atoms with van der Waals surface area (Å²) in [5, 5.41) is 0. The number of halogens is 8. The zero-order valence-corrected chi connectivity index (χ0v) is 12.8. The van der Waals surface area contributed by atoms with Gasteiger partial charge in [0.1, 0.15) is 0 Å². The summed E-state index contributed by atoms with van der Waals surface area (Å²) < 4.78 is 30.2. The van der Waals surface area contributed by atoms with Crippen LogP contribution in [0.2, 0.25) is 0 Å². The first-order valence-corrected chi connectivity index (χ1v) is 6.13. The van der Waals surface area contributed by atoms with Gasteiger partial charge >= 0.3 is 0 Å². The Balaban J connectivity index is 4.75. The lowest BCUT2D eigenvalue weighted by atomic mass is 10.5. The third kappa shape index (κ3) is 3.28. The Labute approximate surface area is 111 Å². The molecule has 0 aromatic carbocycles. The van der Waals surface area contributed by atoms with Gasteiger partial charge in [0.25, 0.3) is 10.3 Å². The number of alkyl halides is 8. The average Bonchev–Trinajstić information content (AvgIpc) is 1.58. The molecule has 0 saturated carbocycles. The van der Waals surface area contributed by atoms with E-state index in [4.69, 9.17) is 11.6 Å². The Bertz CT molecular complexity index is 136. The van der Waals surface area contributed by atoms with Crippen molar-refractivity contribution < 1.29 is 13.2 Å². The Morgan fingerprint density at radius 1 is 1.09 bits per heavy atom. The molecule has 0 spiro atoms. The van der Waals surface area contributed by atoms with Crippen molar-refractivity contribution in [2.24, 2.45) is 0 Å². The lowest BCUT2D eigenvalue weighted by Crippen LogP contribution is -2.44. The fourth-order valence-electron chi connectivity index (χ4n) is 0.161. The van der Waals surface area contributed by atoms with Crippen molar-refractivity contribution >= 4 is 88.6 Å². The fraction of sp³-hybridized carbons (Fsp3) is 1.00. The Kier molecular flexibility index (Phi) is 4.83. The average molecular weight is 542 g/mol. The molecule has 68 valence electrons. The molecule has 0 aromatic heterocycles. The van der Waals surface area contributed by atoms with Gasteiger partial charge in [0.2, 0.25) is 0 Å².